The number of carbonyl (C=O) groups is 19. The van der Waals surface area contributed by atoms with E-state index in [2.05, 4.69) is 37.2 Å². The number of aliphatic hydroxyl groups excluding tert-OH is 11. The molecule has 3 fully saturated rings. The summed E-state index contributed by atoms with van der Waals surface area (Å²) in [5.74, 6) is -24.3. The number of rotatable bonds is 53. The number of carboxylic acid groups (broad SMARTS) is 2. The quantitative estimate of drug-likeness (QED) is 0.00996. The smallest absolute Gasteiger partial charge is 0.497 e. The molecule has 3 aliphatic rings. The number of carbonyl (C=O) groups excluding carboxylic acids is 17. The number of aliphatic carboxylic acids is 2. The highest BCUT2D eigenvalue weighted by molar-refractivity contribution is 8.76. The van der Waals surface area contributed by atoms with E-state index < -0.39 is 367 Å². The summed E-state index contributed by atoms with van der Waals surface area (Å²) >= 11 is 0. The number of amides is 10. The molecular formula is C95H151N11O37S2. The summed E-state index contributed by atoms with van der Waals surface area (Å²) in [6.07, 6.45) is -29.5. The maximum atomic E-state index is 15.4. The lowest BCUT2D eigenvalue weighted by molar-refractivity contribution is -0.163. The van der Waals surface area contributed by atoms with Gasteiger partial charge in [0.15, 0.2) is 35.3 Å². The summed E-state index contributed by atoms with van der Waals surface area (Å²) in [4.78, 5) is 272. The summed E-state index contributed by atoms with van der Waals surface area (Å²) in [6.45, 7) is 14.0. The second-order valence-corrected chi connectivity index (χ2v) is 40.9. The highest BCUT2D eigenvalue weighted by atomic mass is 33.1. The fourth-order valence-electron chi connectivity index (χ4n) is 16.6. The highest BCUT2D eigenvalue weighted by Crippen LogP contribution is 2.31. The number of fused-ring (bicyclic) bond motifs is 1. The molecule has 0 aliphatic carbocycles. The van der Waals surface area contributed by atoms with Crippen LogP contribution in [0.1, 0.15) is 191 Å². The molecule has 20 N–H and O–H groups in total. The average molecular weight is 2100 g/mol. The minimum atomic E-state index is -2.13. The van der Waals surface area contributed by atoms with Crippen LogP contribution in [0.15, 0.2) is 24.3 Å². The first kappa shape index (κ1) is 127. The summed E-state index contributed by atoms with van der Waals surface area (Å²) in [5, 5.41) is 148. The molecule has 3 aliphatic heterocycles. The Kier molecular flexibility index (Phi) is 55.0. The van der Waals surface area contributed by atoms with Gasteiger partial charge in [-0.15, -0.1) is 0 Å². The van der Waals surface area contributed by atoms with Crippen molar-refractivity contribution >= 4 is 134 Å². The summed E-state index contributed by atoms with van der Waals surface area (Å²) in [7, 11) is 6.01. The van der Waals surface area contributed by atoms with Crippen molar-refractivity contribution in [2.24, 2.45) is 41.4 Å². The number of esters is 2. The first-order chi connectivity index (χ1) is 68.0. The van der Waals surface area contributed by atoms with Gasteiger partial charge in [0.1, 0.15) is 85.3 Å². The molecule has 3 saturated heterocycles. The number of aliphatic hydroxyl groups is 11. The van der Waals surface area contributed by atoms with E-state index in [1.54, 1.807) is 65.8 Å². The number of nitrogens with one attached hydrogen (secondary N) is 7. The van der Waals surface area contributed by atoms with Crippen LogP contribution in [0.2, 0.25) is 0 Å². The molecule has 1 aromatic rings. The van der Waals surface area contributed by atoms with Gasteiger partial charge < -0.3 is 142 Å². The van der Waals surface area contributed by atoms with Gasteiger partial charge in [0.25, 0.3) is 5.91 Å². The normalized spacial score (nSPS) is 23.1. The number of ether oxygens (including phenoxy) is 5. The number of carboxylic acids is 2. The first-order valence-electron chi connectivity index (χ1n) is 48.7. The van der Waals surface area contributed by atoms with Crippen LogP contribution in [0.5, 0.6) is 5.75 Å². The van der Waals surface area contributed by atoms with E-state index >= 15 is 19.2 Å². The van der Waals surface area contributed by atoms with Crippen LogP contribution in [-0.4, -0.2) is 411 Å². The Labute approximate surface area is 849 Å². The zero-order chi connectivity index (χ0) is 109. The second-order valence-electron chi connectivity index (χ2n) is 38.3. The minimum Gasteiger partial charge on any atom is -0.497 e. The van der Waals surface area contributed by atoms with Crippen molar-refractivity contribution in [3.05, 3.63) is 29.8 Å². The summed E-state index contributed by atoms with van der Waals surface area (Å²) in [5.41, 5.74) is 0.549. The molecule has 48 nitrogen and oxygen atoms in total. The van der Waals surface area contributed by atoms with Crippen molar-refractivity contribution in [1.82, 2.24) is 56.8 Å². The lowest BCUT2D eigenvalue weighted by Crippen LogP contribution is -2.62. The third-order valence-electron chi connectivity index (χ3n) is 25.5. The molecule has 0 aromatic heterocycles. The van der Waals surface area contributed by atoms with Gasteiger partial charge in [0.05, 0.1) is 87.6 Å². The van der Waals surface area contributed by atoms with Crippen molar-refractivity contribution in [2.45, 2.75) is 320 Å². The Balaban J connectivity index is 1.59. The predicted octanol–water partition coefficient (Wildman–Crippen LogP) is -3.34. The van der Waals surface area contributed by atoms with E-state index in [0.29, 0.717) is 17.7 Å². The van der Waals surface area contributed by atoms with Gasteiger partial charge in [-0.2, -0.15) is 0 Å². The molecule has 0 radical (unpaired) electrons. The molecule has 4 rings (SSSR count). The highest BCUT2D eigenvalue weighted by Gasteiger charge is 2.48. The topological polar surface area (TPSA) is 731 Å². The molecule has 3 heterocycles. The number of cyclic esters (lactones) is 2. The molecule has 0 saturated carbocycles. The zero-order valence-electron chi connectivity index (χ0n) is 84.8. The Bertz CT molecular complexity index is 4480. The van der Waals surface area contributed by atoms with Gasteiger partial charge in [0.2, 0.25) is 53.2 Å². The van der Waals surface area contributed by atoms with Gasteiger partial charge in [-0.3, -0.25) is 91.2 Å². The van der Waals surface area contributed by atoms with Crippen molar-refractivity contribution in [2.75, 3.05) is 85.3 Å². The molecule has 10 amide bonds. The van der Waals surface area contributed by atoms with E-state index in [1.165, 1.54) is 51.8 Å². The number of likely N-dealkylation sites (N-methyl/N-ethyl adjacent to an activating group) is 2. The van der Waals surface area contributed by atoms with Gasteiger partial charge in [-0.25, -0.2) is 4.79 Å². The van der Waals surface area contributed by atoms with Gasteiger partial charge >= 0.3 is 30.0 Å². The third kappa shape index (κ3) is 41.1. The molecule has 0 spiro atoms. The van der Waals surface area contributed by atoms with Crippen molar-refractivity contribution in [3.63, 3.8) is 0 Å². The van der Waals surface area contributed by atoms with Gasteiger partial charge in [-0.1, -0.05) is 95.5 Å². The molecular weight excluding hydrogens is 1950 g/mol. The van der Waals surface area contributed by atoms with Crippen molar-refractivity contribution < 1.29 is 181 Å². The lowest BCUT2D eigenvalue weighted by Gasteiger charge is -2.36. The maximum absolute atomic E-state index is 15.4. The van der Waals surface area contributed by atoms with E-state index in [0.717, 1.165) is 38.3 Å². The Morgan fingerprint density at radius 2 is 1.23 bits per heavy atom. The van der Waals surface area contributed by atoms with E-state index in [9.17, 15) is 133 Å². The monoisotopic (exact) mass is 2100 g/mol. The van der Waals surface area contributed by atoms with Gasteiger partial charge in [-0.05, 0) is 133 Å². The maximum Gasteiger partial charge on any atom is 0.509 e. The van der Waals surface area contributed by atoms with Crippen LogP contribution in [0, 0.1) is 41.4 Å². The zero-order valence-corrected chi connectivity index (χ0v) is 86.4. The molecule has 145 heavy (non-hydrogen) atoms. The second kappa shape index (κ2) is 62.8. The number of Topliss-reactive ketones (excluding diaryl/α,β-unsaturated/α-hetero) is 4. The number of methoxy groups -OCH3 is 1. The van der Waals surface area contributed by atoms with E-state index in [1.807, 2.05) is 13.8 Å². The molecule has 1 aromatic carbocycles. The number of nitrogens with zero attached hydrogens (tertiary/aromatic N) is 4. The number of benzene rings is 1. The van der Waals surface area contributed by atoms with E-state index in [4.69, 9.17) is 28.8 Å². The van der Waals surface area contributed by atoms with Crippen LogP contribution in [0.3, 0.4) is 0 Å². The number of hydrogen-bond acceptors (Lipinski definition) is 38. The molecule has 820 valence electrons. The SMILES string of the molecule is CC[C@H](C)[C@H]1NC(=O)[C@@H](NC(=O)[C@@H](CC(C)C)N(C)C(=O)C2CCCN2C(=O)[C@H](C)OC(=O)OCCSSC[C@H](CC(=O)[C@H](CCC(=O)NC[C@H](O)[C@@H](O)[C@H](O)[C@H](O)CO)NC(=O)[C@H](CCC(=O)O)CC(=O)[C@H](CCC(=O)NC[C@H](O)[C@@H](O)[C@H](O)[C@H](O)CO)NC(C)=O)C(=O)O)[C@@H](C)OC(=O)[C@H](Cc2ccc(OC)cc2)N(C)CC(=O)[C@@H]2CCCN2C(=O)[C@H](CC(C)C)NC(=O)[C@@H](C)C(=O)[C@H](C(C)C)OC(=O)C[C@@H]1O. The van der Waals surface area contributed by atoms with Gasteiger partial charge in [0, 0.05) is 89.7 Å². The molecule has 0 bridgehead atoms. The lowest BCUT2D eigenvalue weighted by atomic mass is 9.90. The van der Waals surface area contributed by atoms with E-state index in [-0.39, 0.29) is 81.4 Å². The van der Waals surface area contributed by atoms with Crippen molar-refractivity contribution in [3.8, 4) is 5.75 Å². The first-order valence-corrected chi connectivity index (χ1v) is 51.1. The van der Waals surface area contributed by atoms with Crippen LogP contribution >= 0.6 is 21.6 Å². The Morgan fingerprint density at radius 1 is 0.669 bits per heavy atom. The Morgan fingerprint density at radius 3 is 1.75 bits per heavy atom. The van der Waals surface area contributed by atoms with Crippen LogP contribution in [-0.2, 0) is 112 Å². The largest absolute Gasteiger partial charge is 0.509 e. The standard InChI is InChI=1S/C95H151N11O37S2/c1-16-50(8)78-68(112)40-77(122)143-85(49(6)7)80(123)51(9)86(128)100-61(35-47(2)3)91(133)105-31-17-19-62(105)71(115)43-103(13)65(37-55-21-24-58(139-15)25-22-55)94(137)141-52(10)79(89(131)101-78)102-88(130)64(36-48(4)5)104(14)92(134)63-20-18-32-106(63)90(132)53(11)142-95(138)140-33-34-144-145-46-57(93(135)136)39-67(111)60(27-29-75(119)97-42-70(114)82(125)84(127)73(117)45-108)99-87(129)56(23-30-76(120)121)38-66(110)59(98-54(12)109)26-28-74(118)96-41-69(113)81(124)83(126)72(116)44-107/h21-22,24-25,47-53,56-57,59-65,68-70,72-73,78-79,81-85,107-108,112-114,116-117,124-127H,16-20,23,26-46H2,1-15H3,(H,96,118)(H,97,119)(H,98,109)(H,99,129)(H,100,128)(H,101,131)(H,102,130)(H,120,121)(H,135,136)/t50-,51-,52+,53-,56+,57-,59-,60-,61-,62-,63?,64+,65-,68-,69-,70-,72+,73+,78+,79-,81+,82+,83+,84+,85-/m0/s1. The van der Waals surface area contributed by atoms with Crippen LogP contribution in [0.25, 0.3) is 0 Å². The summed E-state index contributed by atoms with van der Waals surface area (Å²) in [6, 6.07) is -6.38. The molecule has 25 atom stereocenters. The number of ketones is 4. The van der Waals surface area contributed by atoms with Crippen LogP contribution < -0.4 is 42.0 Å². The molecule has 1 unspecified atom stereocenters. The fourth-order valence-corrected chi connectivity index (χ4v) is 18.7. The average Bonchev–Trinajstić information content (AvgIpc) is 1.61. The molecule has 50 heteroatoms. The predicted molar refractivity (Wildman–Crippen MR) is 517 cm³/mol. The van der Waals surface area contributed by atoms with Crippen LogP contribution in [0.4, 0.5) is 4.79 Å². The fraction of sp³-hybridized carbons (Fsp3) is 0.737. The number of hydrogen-bond donors (Lipinski definition) is 20. The van der Waals surface area contributed by atoms with Crippen molar-refractivity contribution in [1.29, 1.82) is 0 Å². The Hall–Kier alpha value is -10.2. The third-order valence-corrected chi connectivity index (χ3v) is 27.9. The number of likely N-dealkylation sites (tertiary alicyclic amines) is 1. The minimum absolute atomic E-state index is 0.0303. The summed E-state index contributed by atoms with van der Waals surface area (Å²) < 4.78 is 28.0.